The molecule has 0 N–H and O–H groups in total. The van der Waals surface area contributed by atoms with Crippen molar-refractivity contribution in [1.29, 1.82) is 0 Å². The first kappa shape index (κ1) is 20.2. The smallest absolute Gasteiger partial charge is 0.223 e. The molecule has 6 rings (SSSR count). The van der Waals surface area contributed by atoms with Crippen LogP contribution in [0.3, 0.4) is 0 Å². The Kier molecular flexibility index (Phi) is 5.15. The van der Waals surface area contributed by atoms with E-state index in [9.17, 15) is 4.79 Å². The molecule has 0 saturated carbocycles. The highest BCUT2D eigenvalue weighted by Gasteiger charge is 2.35. The molecule has 3 aromatic rings. The molecule has 2 aromatic carbocycles. The number of nitrogens with zero attached hydrogens (tertiary/aromatic N) is 4. The minimum Gasteiger partial charge on any atom is -0.353 e. The lowest BCUT2D eigenvalue weighted by Crippen LogP contribution is -2.47. The van der Waals surface area contributed by atoms with Crippen molar-refractivity contribution in [3.63, 3.8) is 0 Å². The average molecular weight is 447 g/mol. The largest absolute Gasteiger partial charge is 0.353 e. The summed E-state index contributed by atoms with van der Waals surface area (Å²) in [4.78, 5) is 19.2. The molecule has 32 heavy (non-hydrogen) atoms. The van der Waals surface area contributed by atoms with Crippen molar-refractivity contribution in [2.75, 3.05) is 49.1 Å². The van der Waals surface area contributed by atoms with E-state index in [1.807, 2.05) is 4.90 Å². The molecule has 1 atom stereocenters. The molecule has 1 aromatic heterocycles. The van der Waals surface area contributed by atoms with E-state index < -0.39 is 0 Å². The monoisotopic (exact) mass is 446 g/mol. The zero-order chi connectivity index (χ0) is 21.7. The number of benzene rings is 2. The van der Waals surface area contributed by atoms with Crippen LogP contribution in [0.25, 0.3) is 10.1 Å². The van der Waals surface area contributed by atoms with Gasteiger partial charge in [-0.2, -0.15) is 4.37 Å². The number of hydrogen-bond donors (Lipinski definition) is 0. The van der Waals surface area contributed by atoms with Gasteiger partial charge in [-0.05, 0) is 72.1 Å². The lowest BCUT2D eigenvalue weighted by molar-refractivity contribution is -0.116. The van der Waals surface area contributed by atoms with E-state index in [0.717, 1.165) is 51.5 Å². The van der Waals surface area contributed by atoms with Crippen molar-refractivity contribution in [1.82, 2.24) is 9.27 Å². The van der Waals surface area contributed by atoms with Crippen LogP contribution in [0, 0.1) is 0 Å². The molecule has 0 bridgehead atoms. The van der Waals surface area contributed by atoms with E-state index in [-0.39, 0.29) is 5.91 Å². The highest BCUT2D eigenvalue weighted by molar-refractivity contribution is 7.13. The Morgan fingerprint density at radius 2 is 1.97 bits per heavy atom. The number of carbonyl (C=O) groups is 1. The third kappa shape index (κ3) is 3.41. The molecule has 6 heteroatoms. The molecule has 1 amide bonds. The molecule has 2 aliphatic heterocycles. The predicted molar refractivity (Wildman–Crippen MR) is 132 cm³/mol. The molecule has 166 valence electrons. The number of anilines is 2. The Bertz CT molecular complexity index is 1160. The lowest BCUT2D eigenvalue weighted by Gasteiger charge is -2.35. The minimum atomic E-state index is 0.181. The summed E-state index contributed by atoms with van der Waals surface area (Å²) in [5.74, 6) is 1.89. The summed E-state index contributed by atoms with van der Waals surface area (Å²) in [6.45, 7) is 7.96. The van der Waals surface area contributed by atoms with Crippen molar-refractivity contribution in [3.05, 3.63) is 53.1 Å². The Labute approximate surface area is 193 Å². The summed E-state index contributed by atoms with van der Waals surface area (Å²) in [6, 6.07) is 13.1. The Hall–Kier alpha value is -2.44. The molecule has 3 aliphatic rings. The molecule has 1 unspecified atom stereocenters. The van der Waals surface area contributed by atoms with Gasteiger partial charge in [-0.15, -0.1) is 0 Å². The quantitative estimate of drug-likeness (QED) is 0.594. The van der Waals surface area contributed by atoms with Crippen LogP contribution in [-0.2, 0) is 17.6 Å². The zero-order valence-electron chi connectivity index (χ0n) is 18.7. The van der Waals surface area contributed by atoms with Crippen LogP contribution < -0.4 is 9.80 Å². The second kappa shape index (κ2) is 8.16. The number of fused-ring (bicyclic) bond motifs is 1. The fraction of sp³-hybridized carbons (Fsp3) is 0.462. The number of carbonyl (C=O) groups excluding carboxylic acids is 1. The molecule has 1 aliphatic carbocycles. The summed E-state index contributed by atoms with van der Waals surface area (Å²) in [5.41, 5.74) is 5.73. The van der Waals surface area contributed by atoms with Crippen LogP contribution >= 0.6 is 11.5 Å². The molecule has 3 heterocycles. The molecule has 5 nitrogen and oxygen atoms in total. The Morgan fingerprint density at radius 3 is 2.81 bits per heavy atom. The summed E-state index contributed by atoms with van der Waals surface area (Å²) in [5, 5.41) is 1.29. The molecule has 1 saturated heterocycles. The number of amides is 1. The van der Waals surface area contributed by atoms with E-state index in [2.05, 4.69) is 46.2 Å². The molecule has 0 spiro atoms. The van der Waals surface area contributed by atoms with E-state index in [1.165, 1.54) is 46.2 Å². The van der Waals surface area contributed by atoms with Gasteiger partial charge >= 0.3 is 0 Å². The molecule has 0 radical (unpaired) electrons. The summed E-state index contributed by atoms with van der Waals surface area (Å²) in [6.07, 6.45) is 4.75. The van der Waals surface area contributed by atoms with E-state index >= 15 is 0 Å². The zero-order valence-corrected chi connectivity index (χ0v) is 19.5. The van der Waals surface area contributed by atoms with Gasteiger partial charge in [0.05, 0.1) is 4.70 Å². The summed E-state index contributed by atoms with van der Waals surface area (Å²) < 4.78 is 6.02. The number of hydrogen-bond acceptors (Lipinski definition) is 5. The topological polar surface area (TPSA) is 39.7 Å². The van der Waals surface area contributed by atoms with Crippen LogP contribution in [0.2, 0.25) is 0 Å². The number of rotatable bonds is 4. The van der Waals surface area contributed by atoms with E-state index in [1.54, 1.807) is 24.0 Å². The SMILES string of the molecule is CC(=O)N1CC2CCCc3c(CCN4CCN(c5nsc6ccccc56)CC4)ccc1c32. The fourth-order valence-electron chi connectivity index (χ4n) is 5.95. The minimum absolute atomic E-state index is 0.181. The highest BCUT2D eigenvalue weighted by atomic mass is 32.1. The standard InChI is InChI=1S/C26H30N4OS/c1-18(31)30-17-20-5-4-7-21-19(9-10-23(30)25(20)21)11-12-28-13-15-29(16-14-28)26-22-6-2-3-8-24(22)32-27-26/h2-3,6,8-10,20H,4-5,7,11-17H2,1H3. The third-order valence-electron chi connectivity index (χ3n) is 7.62. The van der Waals surface area contributed by atoms with Gasteiger partial charge in [0.15, 0.2) is 0 Å². The maximum atomic E-state index is 12.1. The van der Waals surface area contributed by atoms with Gasteiger partial charge in [-0.3, -0.25) is 9.69 Å². The summed E-state index contributed by atoms with van der Waals surface area (Å²) >= 11 is 1.61. The van der Waals surface area contributed by atoms with Crippen molar-refractivity contribution in [2.45, 2.75) is 38.5 Å². The van der Waals surface area contributed by atoms with Crippen molar-refractivity contribution in [2.24, 2.45) is 0 Å². The van der Waals surface area contributed by atoms with Crippen LogP contribution in [0.5, 0.6) is 0 Å². The van der Waals surface area contributed by atoms with Crippen LogP contribution in [0.15, 0.2) is 36.4 Å². The highest BCUT2D eigenvalue weighted by Crippen LogP contribution is 2.45. The normalized spacial score (nSPS) is 20.7. The lowest BCUT2D eigenvalue weighted by atomic mass is 9.81. The molecule has 1 fully saturated rings. The first-order valence-electron chi connectivity index (χ1n) is 11.9. The fourth-order valence-corrected chi connectivity index (χ4v) is 6.75. The third-order valence-corrected chi connectivity index (χ3v) is 8.44. The van der Waals surface area contributed by atoms with Gasteiger partial charge in [-0.25, -0.2) is 0 Å². The average Bonchev–Trinajstić information content (AvgIpc) is 3.42. The van der Waals surface area contributed by atoms with Crippen molar-refractivity contribution < 1.29 is 4.79 Å². The molecular formula is C26H30N4OS. The van der Waals surface area contributed by atoms with Gasteiger partial charge in [-0.1, -0.05) is 18.2 Å². The first-order chi connectivity index (χ1) is 15.7. The van der Waals surface area contributed by atoms with Crippen LogP contribution in [0.1, 0.15) is 42.4 Å². The van der Waals surface area contributed by atoms with Crippen molar-refractivity contribution >= 4 is 39.0 Å². The Balaban J connectivity index is 1.12. The van der Waals surface area contributed by atoms with E-state index in [4.69, 9.17) is 4.37 Å². The van der Waals surface area contributed by atoms with Gasteiger partial charge in [0, 0.05) is 63.2 Å². The predicted octanol–water partition coefficient (Wildman–Crippen LogP) is 4.45. The maximum absolute atomic E-state index is 12.1. The Morgan fingerprint density at radius 1 is 1.12 bits per heavy atom. The first-order valence-corrected chi connectivity index (χ1v) is 12.7. The van der Waals surface area contributed by atoms with Gasteiger partial charge in [0.2, 0.25) is 5.91 Å². The van der Waals surface area contributed by atoms with E-state index in [0.29, 0.717) is 5.92 Å². The van der Waals surface area contributed by atoms with Gasteiger partial charge in [0.1, 0.15) is 5.82 Å². The summed E-state index contributed by atoms with van der Waals surface area (Å²) in [7, 11) is 0. The maximum Gasteiger partial charge on any atom is 0.223 e. The van der Waals surface area contributed by atoms with Crippen LogP contribution in [-0.4, -0.2) is 54.4 Å². The van der Waals surface area contributed by atoms with Gasteiger partial charge in [0.25, 0.3) is 0 Å². The van der Waals surface area contributed by atoms with Gasteiger partial charge < -0.3 is 9.80 Å². The second-order valence-corrected chi connectivity index (χ2v) is 10.2. The van der Waals surface area contributed by atoms with Crippen LogP contribution in [0.4, 0.5) is 11.5 Å². The number of aromatic nitrogens is 1. The number of piperazine rings is 1. The van der Waals surface area contributed by atoms with Crippen molar-refractivity contribution in [3.8, 4) is 0 Å². The molecular weight excluding hydrogens is 416 g/mol. The second-order valence-electron chi connectivity index (χ2n) is 9.44.